The van der Waals surface area contributed by atoms with Crippen LogP contribution < -0.4 is 25.6 Å². The van der Waals surface area contributed by atoms with Crippen molar-refractivity contribution in [2.45, 2.75) is 13.3 Å². The molecular weight excluding hydrogens is 398 g/mol. The standard InChI is InChI=1S/C23H23N3O5/c1-3-8-16-11-15(13-19(30-4-2)21(16)31-14-20(24)27)12-18-22(28)25-26(23(18)29)17-9-6-5-7-10-17/h3,5-7,9-13H,1,4,8,14H2,2H3,(H2,24,27)(H,25,28). The molecule has 3 amide bonds. The van der Waals surface area contributed by atoms with E-state index in [4.69, 9.17) is 15.2 Å². The van der Waals surface area contributed by atoms with Crippen molar-refractivity contribution in [3.05, 3.63) is 71.8 Å². The Morgan fingerprint density at radius 3 is 2.58 bits per heavy atom. The van der Waals surface area contributed by atoms with Gasteiger partial charge in [0.2, 0.25) is 0 Å². The molecule has 3 N–H and O–H groups in total. The number of hydrogen-bond donors (Lipinski definition) is 2. The van der Waals surface area contributed by atoms with E-state index in [1.807, 2.05) is 13.0 Å². The molecule has 0 saturated carbocycles. The lowest BCUT2D eigenvalue weighted by Gasteiger charge is -2.16. The van der Waals surface area contributed by atoms with Crippen molar-refractivity contribution in [3.63, 3.8) is 0 Å². The highest BCUT2D eigenvalue weighted by molar-refractivity contribution is 6.31. The van der Waals surface area contributed by atoms with Gasteiger partial charge in [0.1, 0.15) is 5.57 Å². The molecule has 1 fully saturated rings. The summed E-state index contributed by atoms with van der Waals surface area (Å²) in [6, 6.07) is 12.2. The average molecular weight is 421 g/mol. The highest BCUT2D eigenvalue weighted by Crippen LogP contribution is 2.35. The minimum atomic E-state index is -0.618. The molecule has 160 valence electrons. The number of ether oxygens (including phenoxy) is 2. The Bertz CT molecular complexity index is 1050. The number of hydrazine groups is 1. The molecule has 0 unspecified atom stereocenters. The van der Waals surface area contributed by atoms with Gasteiger partial charge in [-0.2, -0.15) is 0 Å². The van der Waals surface area contributed by atoms with Crippen LogP contribution in [0.5, 0.6) is 11.5 Å². The van der Waals surface area contributed by atoms with Gasteiger partial charge in [0, 0.05) is 5.56 Å². The molecule has 8 nitrogen and oxygen atoms in total. The number of para-hydroxylation sites is 1. The van der Waals surface area contributed by atoms with Crippen molar-refractivity contribution in [3.8, 4) is 11.5 Å². The van der Waals surface area contributed by atoms with Crippen LogP contribution in [0.4, 0.5) is 5.69 Å². The molecule has 0 bridgehead atoms. The average Bonchev–Trinajstić information content (AvgIpc) is 3.02. The lowest BCUT2D eigenvalue weighted by Crippen LogP contribution is -2.35. The molecule has 0 spiro atoms. The molecule has 2 aromatic carbocycles. The second-order valence-corrected chi connectivity index (χ2v) is 6.66. The zero-order chi connectivity index (χ0) is 22.4. The van der Waals surface area contributed by atoms with E-state index in [-0.39, 0.29) is 12.2 Å². The Hall–Kier alpha value is -4.07. The van der Waals surface area contributed by atoms with Crippen LogP contribution in [0.1, 0.15) is 18.1 Å². The van der Waals surface area contributed by atoms with Crippen LogP contribution in [0.25, 0.3) is 6.08 Å². The maximum absolute atomic E-state index is 12.8. The van der Waals surface area contributed by atoms with Gasteiger partial charge >= 0.3 is 0 Å². The van der Waals surface area contributed by atoms with Crippen molar-refractivity contribution in [2.75, 3.05) is 18.2 Å². The normalized spacial score (nSPS) is 14.5. The molecular formula is C23H23N3O5. The largest absolute Gasteiger partial charge is 0.490 e. The number of nitrogens with two attached hydrogens (primary N) is 1. The Morgan fingerprint density at radius 1 is 1.19 bits per heavy atom. The van der Waals surface area contributed by atoms with Crippen LogP contribution in [-0.2, 0) is 20.8 Å². The highest BCUT2D eigenvalue weighted by atomic mass is 16.5. The topological polar surface area (TPSA) is 111 Å². The summed E-state index contributed by atoms with van der Waals surface area (Å²) >= 11 is 0. The van der Waals surface area contributed by atoms with Gasteiger partial charge in [-0.1, -0.05) is 24.3 Å². The summed E-state index contributed by atoms with van der Waals surface area (Å²) in [4.78, 5) is 36.5. The summed E-state index contributed by atoms with van der Waals surface area (Å²) in [6.07, 6.45) is 3.58. The summed E-state index contributed by atoms with van der Waals surface area (Å²) in [6.45, 7) is 5.59. The van der Waals surface area contributed by atoms with E-state index in [1.165, 1.54) is 11.1 Å². The van der Waals surface area contributed by atoms with Gasteiger partial charge in [0.15, 0.2) is 18.1 Å². The molecule has 31 heavy (non-hydrogen) atoms. The molecule has 1 heterocycles. The van der Waals surface area contributed by atoms with E-state index in [1.54, 1.807) is 42.5 Å². The molecule has 0 atom stereocenters. The van der Waals surface area contributed by atoms with Crippen molar-refractivity contribution in [1.82, 2.24) is 5.43 Å². The third kappa shape index (κ3) is 4.92. The lowest BCUT2D eigenvalue weighted by molar-refractivity contribution is -0.120. The van der Waals surface area contributed by atoms with Gasteiger partial charge in [0.05, 0.1) is 12.3 Å². The molecule has 1 aliphatic heterocycles. The summed E-state index contributed by atoms with van der Waals surface area (Å²) < 4.78 is 11.2. The van der Waals surface area contributed by atoms with Crippen LogP contribution in [0.3, 0.4) is 0 Å². The molecule has 3 rings (SSSR count). The van der Waals surface area contributed by atoms with Crippen LogP contribution in [-0.4, -0.2) is 30.9 Å². The van der Waals surface area contributed by atoms with Gasteiger partial charge in [-0.05, 0) is 49.2 Å². The lowest BCUT2D eigenvalue weighted by atomic mass is 10.0. The molecule has 0 radical (unpaired) electrons. The Kier molecular flexibility index (Phi) is 6.71. The van der Waals surface area contributed by atoms with Crippen LogP contribution in [0.2, 0.25) is 0 Å². The highest BCUT2D eigenvalue weighted by Gasteiger charge is 2.34. The zero-order valence-electron chi connectivity index (χ0n) is 17.1. The monoisotopic (exact) mass is 421 g/mol. The van der Waals surface area contributed by atoms with E-state index in [0.29, 0.717) is 41.3 Å². The van der Waals surface area contributed by atoms with E-state index < -0.39 is 17.7 Å². The predicted octanol–water partition coefficient (Wildman–Crippen LogP) is 2.14. The third-order valence-electron chi connectivity index (χ3n) is 4.39. The number of rotatable bonds is 9. The first-order valence-electron chi connectivity index (χ1n) is 9.68. The Labute approximate surface area is 179 Å². The SMILES string of the molecule is C=CCc1cc(C=C2C(=O)NN(c3ccccc3)C2=O)cc(OCC)c1OCC(N)=O. The molecule has 1 aliphatic rings. The van der Waals surface area contributed by atoms with Gasteiger partial charge in [-0.3, -0.25) is 19.8 Å². The number of allylic oxidation sites excluding steroid dienone is 1. The number of amides is 3. The smallest absolute Gasteiger partial charge is 0.282 e. The zero-order valence-corrected chi connectivity index (χ0v) is 17.1. The molecule has 0 aromatic heterocycles. The second kappa shape index (κ2) is 9.62. The first kappa shape index (κ1) is 21.6. The van der Waals surface area contributed by atoms with E-state index in [0.717, 1.165) is 0 Å². The quantitative estimate of drug-likeness (QED) is 0.366. The summed E-state index contributed by atoms with van der Waals surface area (Å²) in [5.41, 5.74) is 9.56. The van der Waals surface area contributed by atoms with Crippen molar-refractivity contribution in [1.29, 1.82) is 0 Å². The number of benzene rings is 2. The number of anilines is 1. The molecule has 0 aliphatic carbocycles. The van der Waals surface area contributed by atoms with E-state index in [2.05, 4.69) is 12.0 Å². The maximum Gasteiger partial charge on any atom is 0.282 e. The van der Waals surface area contributed by atoms with Gasteiger partial charge in [0.25, 0.3) is 17.7 Å². The number of hydrogen-bond acceptors (Lipinski definition) is 5. The summed E-state index contributed by atoms with van der Waals surface area (Å²) in [7, 11) is 0. The number of primary amides is 1. The number of carbonyl (C=O) groups is 3. The van der Waals surface area contributed by atoms with Gasteiger partial charge in [-0.25, -0.2) is 5.01 Å². The molecule has 2 aromatic rings. The first-order chi connectivity index (χ1) is 14.9. The Balaban J connectivity index is 2.00. The fourth-order valence-electron chi connectivity index (χ4n) is 3.13. The molecule has 8 heteroatoms. The first-order valence-corrected chi connectivity index (χ1v) is 9.68. The fraction of sp³-hybridized carbons (Fsp3) is 0.174. The van der Waals surface area contributed by atoms with Gasteiger partial charge < -0.3 is 15.2 Å². The van der Waals surface area contributed by atoms with Crippen LogP contribution in [0.15, 0.2) is 60.7 Å². The Morgan fingerprint density at radius 2 is 1.94 bits per heavy atom. The van der Waals surface area contributed by atoms with Crippen LogP contribution in [0, 0.1) is 0 Å². The predicted molar refractivity (Wildman–Crippen MR) is 116 cm³/mol. The summed E-state index contributed by atoms with van der Waals surface area (Å²) in [5.74, 6) is -0.844. The third-order valence-corrected chi connectivity index (χ3v) is 4.39. The minimum Gasteiger partial charge on any atom is -0.490 e. The van der Waals surface area contributed by atoms with Gasteiger partial charge in [-0.15, -0.1) is 6.58 Å². The van der Waals surface area contributed by atoms with Crippen molar-refractivity contribution in [2.24, 2.45) is 5.73 Å². The van der Waals surface area contributed by atoms with Crippen molar-refractivity contribution >= 4 is 29.5 Å². The van der Waals surface area contributed by atoms with Crippen molar-refractivity contribution < 1.29 is 23.9 Å². The summed E-state index contributed by atoms with van der Waals surface area (Å²) in [5, 5.41) is 1.20. The fourth-order valence-corrected chi connectivity index (χ4v) is 3.13. The number of nitrogens with one attached hydrogen (secondary N) is 1. The minimum absolute atomic E-state index is 0.0124. The van der Waals surface area contributed by atoms with E-state index >= 15 is 0 Å². The van der Waals surface area contributed by atoms with E-state index in [9.17, 15) is 14.4 Å². The number of nitrogens with zero attached hydrogens (tertiary/aromatic N) is 1. The maximum atomic E-state index is 12.8. The van der Waals surface area contributed by atoms with Crippen LogP contribution >= 0.6 is 0 Å². The molecule has 1 saturated heterocycles. The second-order valence-electron chi connectivity index (χ2n) is 6.66. The number of carbonyl (C=O) groups excluding carboxylic acids is 3.